The van der Waals surface area contributed by atoms with Gasteiger partial charge >= 0.3 is 18.9 Å². The van der Waals surface area contributed by atoms with Crippen molar-refractivity contribution >= 4 is 11.6 Å². The standard InChI is InChI=1S/C8H15ClN.Li/c1-6(9)7(2)10-8(3,4)5;/h1-5H3;/q-1;+1/b7-6+;. The molecule has 0 aliphatic rings. The largest absolute Gasteiger partial charge is 1.00 e. The van der Waals surface area contributed by atoms with Crippen molar-refractivity contribution in [2.75, 3.05) is 0 Å². The third kappa shape index (κ3) is 8.33. The monoisotopic (exact) mass is 167 g/mol. The molecule has 0 aromatic rings. The van der Waals surface area contributed by atoms with Crippen molar-refractivity contribution in [2.24, 2.45) is 0 Å². The van der Waals surface area contributed by atoms with Crippen LogP contribution >= 0.6 is 11.6 Å². The first-order valence-corrected chi connectivity index (χ1v) is 3.76. The molecule has 0 bridgehead atoms. The van der Waals surface area contributed by atoms with Crippen LogP contribution in [0, 0.1) is 0 Å². The molecular formula is C8H15ClLiN. The van der Waals surface area contributed by atoms with Gasteiger partial charge < -0.3 is 5.32 Å². The topological polar surface area (TPSA) is 14.1 Å². The van der Waals surface area contributed by atoms with E-state index in [2.05, 4.69) is 26.1 Å². The maximum absolute atomic E-state index is 5.72. The van der Waals surface area contributed by atoms with Crippen molar-refractivity contribution in [1.29, 1.82) is 0 Å². The molecule has 0 aliphatic carbocycles. The van der Waals surface area contributed by atoms with Gasteiger partial charge in [-0.25, -0.2) is 0 Å². The molecule has 0 aromatic carbocycles. The molecule has 0 unspecified atom stereocenters. The minimum atomic E-state index is -0.0137. The van der Waals surface area contributed by atoms with E-state index in [0.717, 1.165) is 10.7 Å². The number of allylic oxidation sites excluding steroid dienone is 2. The van der Waals surface area contributed by atoms with Gasteiger partial charge in [-0.3, -0.25) is 0 Å². The molecule has 0 fully saturated rings. The van der Waals surface area contributed by atoms with Crippen LogP contribution in [0.4, 0.5) is 0 Å². The first kappa shape index (κ1) is 14.0. The van der Waals surface area contributed by atoms with E-state index in [1.165, 1.54) is 0 Å². The van der Waals surface area contributed by atoms with E-state index in [-0.39, 0.29) is 24.4 Å². The summed E-state index contributed by atoms with van der Waals surface area (Å²) in [6.07, 6.45) is 0. The Hall–Kier alpha value is 0.427. The van der Waals surface area contributed by atoms with Crippen LogP contribution in [0.5, 0.6) is 0 Å². The molecule has 0 N–H and O–H groups in total. The van der Waals surface area contributed by atoms with Gasteiger partial charge in [0.1, 0.15) is 0 Å². The average Bonchev–Trinajstić information content (AvgIpc) is 1.60. The number of rotatable bonds is 1. The Morgan fingerprint density at radius 1 is 1.18 bits per heavy atom. The van der Waals surface area contributed by atoms with Crippen molar-refractivity contribution in [3.05, 3.63) is 16.0 Å². The van der Waals surface area contributed by atoms with Crippen LogP contribution in [-0.4, -0.2) is 5.54 Å². The first-order valence-electron chi connectivity index (χ1n) is 3.39. The van der Waals surface area contributed by atoms with Crippen molar-refractivity contribution in [1.82, 2.24) is 0 Å². The fourth-order valence-corrected chi connectivity index (χ4v) is 0.622. The van der Waals surface area contributed by atoms with Crippen LogP contribution in [0.3, 0.4) is 0 Å². The van der Waals surface area contributed by atoms with Gasteiger partial charge in [-0.1, -0.05) is 39.3 Å². The van der Waals surface area contributed by atoms with Gasteiger partial charge in [0.15, 0.2) is 0 Å². The van der Waals surface area contributed by atoms with Gasteiger partial charge in [0, 0.05) is 0 Å². The second kappa shape index (κ2) is 5.14. The fraction of sp³-hybridized carbons (Fsp3) is 0.750. The van der Waals surface area contributed by atoms with Gasteiger partial charge in [-0.2, -0.15) is 5.70 Å². The smallest absolute Gasteiger partial charge is 0.682 e. The molecule has 0 aliphatic heterocycles. The Bertz CT molecular complexity index is 143. The Morgan fingerprint density at radius 3 is 1.64 bits per heavy atom. The van der Waals surface area contributed by atoms with Gasteiger partial charge in [0.2, 0.25) is 0 Å². The van der Waals surface area contributed by atoms with E-state index in [9.17, 15) is 0 Å². The maximum Gasteiger partial charge on any atom is 1.00 e. The van der Waals surface area contributed by atoms with Gasteiger partial charge in [-0.15, -0.1) is 5.54 Å². The van der Waals surface area contributed by atoms with Crippen molar-refractivity contribution in [3.63, 3.8) is 0 Å². The minimum absolute atomic E-state index is 0. The van der Waals surface area contributed by atoms with E-state index in [4.69, 9.17) is 11.6 Å². The second-order valence-corrected chi connectivity index (χ2v) is 3.97. The van der Waals surface area contributed by atoms with E-state index >= 15 is 0 Å². The molecule has 0 heterocycles. The third-order valence-corrected chi connectivity index (χ3v) is 1.28. The Labute approximate surface area is 86.8 Å². The summed E-state index contributed by atoms with van der Waals surface area (Å²) < 4.78 is 0. The summed E-state index contributed by atoms with van der Waals surface area (Å²) >= 11 is 5.72. The van der Waals surface area contributed by atoms with Crippen molar-refractivity contribution in [2.45, 2.75) is 40.2 Å². The Kier molecular flexibility index (Phi) is 6.53. The molecule has 0 saturated carbocycles. The van der Waals surface area contributed by atoms with Crippen LogP contribution in [0.2, 0.25) is 0 Å². The number of hydrogen-bond acceptors (Lipinski definition) is 0. The van der Waals surface area contributed by atoms with Crippen LogP contribution in [-0.2, 0) is 0 Å². The molecular weight excluding hydrogens is 152 g/mol. The predicted octanol–water partition coefficient (Wildman–Crippen LogP) is 0.653. The van der Waals surface area contributed by atoms with Crippen molar-refractivity contribution in [3.8, 4) is 0 Å². The molecule has 0 atom stereocenters. The summed E-state index contributed by atoms with van der Waals surface area (Å²) in [5, 5.41) is 5.13. The summed E-state index contributed by atoms with van der Waals surface area (Å²) in [4.78, 5) is 0. The average molecular weight is 168 g/mol. The normalized spacial score (nSPS) is 13.3. The SMILES string of the molecule is C/C(Cl)=C(/C)[N-]C(C)(C)C.[Li+]. The fourth-order valence-electron chi connectivity index (χ4n) is 0.580. The van der Waals surface area contributed by atoms with Gasteiger partial charge in [0.05, 0.1) is 0 Å². The Morgan fingerprint density at radius 2 is 1.55 bits per heavy atom. The van der Waals surface area contributed by atoms with Crippen LogP contribution in [0.25, 0.3) is 5.32 Å². The number of halogens is 1. The van der Waals surface area contributed by atoms with Gasteiger partial charge in [0.25, 0.3) is 0 Å². The molecule has 0 spiro atoms. The maximum atomic E-state index is 5.72. The van der Waals surface area contributed by atoms with Crippen molar-refractivity contribution < 1.29 is 18.9 Å². The van der Waals surface area contributed by atoms with Gasteiger partial charge in [-0.05, 0) is 12.0 Å². The van der Waals surface area contributed by atoms with E-state index in [1.54, 1.807) is 0 Å². The molecule has 60 valence electrons. The Balaban J connectivity index is 0. The third-order valence-electron chi connectivity index (χ3n) is 1.00. The molecule has 0 amide bonds. The summed E-state index contributed by atoms with van der Waals surface area (Å²) in [5.74, 6) is 0. The predicted molar refractivity (Wildman–Crippen MR) is 47.3 cm³/mol. The zero-order valence-electron chi connectivity index (χ0n) is 8.33. The van der Waals surface area contributed by atoms with E-state index in [1.807, 2.05) is 13.8 Å². The number of nitrogens with zero attached hydrogens (tertiary/aromatic N) is 1. The summed E-state index contributed by atoms with van der Waals surface area (Å²) in [6, 6.07) is 0. The molecule has 0 saturated heterocycles. The molecule has 0 rings (SSSR count). The van der Waals surface area contributed by atoms with E-state index in [0.29, 0.717) is 0 Å². The summed E-state index contributed by atoms with van der Waals surface area (Å²) in [6.45, 7) is 9.93. The first-order chi connectivity index (χ1) is 4.33. The zero-order chi connectivity index (χ0) is 8.36. The minimum Gasteiger partial charge on any atom is -0.682 e. The van der Waals surface area contributed by atoms with Crippen LogP contribution in [0.1, 0.15) is 34.6 Å². The van der Waals surface area contributed by atoms with Crippen LogP contribution in [0.15, 0.2) is 10.7 Å². The van der Waals surface area contributed by atoms with E-state index < -0.39 is 0 Å². The second-order valence-electron chi connectivity index (χ2n) is 3.40. The molecule has 0 radical (unpaired) electrons. The zero-order valence-corrected chi connectivity index (χ0v) is 9.08. The quantitative estimate of drug-likeness (QED) is 0.510. The summed E-state index contributed by atoms with van der Waals surface area (Å²) in [7, 11) is 0. The summed E-state index contributed by atoms with van der Waals surface area (Å²) in [5.41, 5.74) is 0.911. The molecule has 0 aromatic heterocycles. The molecule has 3 heteroatoms. The molecule has 1 nitrogen and oxygen atoms in total. The number of hydrogen-bond donors (Lipinski definition) is 0. The van der Waals surface area contributed by atoms with Crippen LogP contribution < -0.4 is 18.9 Å². The molecule has 11 heavy (non-hydrogen) atoms.